The normalized spacial score (nSPS) is 10.7. The second-order valence-electron chi connectivity index (χ2n) is 3.60. The maximum Gasteiger partial charge on any atom is 0.257 e. The number of pyridine rings is 1. The van der Waals surface area contributed by atoms with Crippen LogP contribution in [-0.2, 0) is 6.42 Å². The maximum atomic E-state index is 11.7. The predicted octanol–water partition coefficient (Wildman–Crippen LogP) is 0.474. The first kappa shape index (κ1) is 11.5. The molecule has 0 saturated heterocycles. The summed E-state index contributed by atoms with van der Waals surface area (Å²) in [6, 6.07) is 1.74. The van der Waals surface area contributed by atoms with Crippen LogP contribution in [0.4, 0.5) is 0 Å². The highest BCUT2D eigenvalue weighted by Gasteiger charge is 2.12. The number of amides is 1. The molecule has 6 nitrogen and oxygen atoms in total. The number of nitrogens with one attached hydrogen (secondary N) is 1. The van der Waals surface area contributed by atoms with Crippen LogP contribution >= 0.6 is 0 Å². The summed E-state index contributed by atoms with van der Waals surface area (Å²) >= 11 is 0. The van der Waals surface area contributed by atoms with Crippen LogP contribution in [-0.4, -0.2) is 29.1 Å². The first-order valence-electron chi connectivity index (χ1n) is 5.48. The van der Waals surface area contributed by atoms with Gasteiger partial charge < -0.3 is 15.6 Å². The fourth-order valence-electron chi connectivity index (χ4n) is 1.55. The smallest absolute Gasteiger partial charge is 0.257 e. The Bertz CT molecular complexity index is 535. The van der Waals surface area contributed by atoms with Crippen molar-refractivity contribution in [3.8, 4) is 0 Å². The number of hydrogen-bond donors (Lipinski definition) is 2. The van der Waals surface area contributed by atoms with Crippen molar-refractivity contribution in [3.05, 3.63) is 23.5 Å². The van der Waals surface area contributed by atoms with E-state index in [0.29, 0.717) is 24.4 Å². The zero-order valence-corrected chi connectivity index (χ0v) is 9.56. The first-order valence-corrected chi connectivity index (χ1v) is 5.48. The van der Waals surface area contributed by atoms with Crippen molar-refractivity contribution >= 4 is 17.0 Å². The lowest BCUT2D eigenvalue weighted by molar-refractivity contribution is 0.0954. The molecule has 6 heteroatoms. The summed E-state index contributed by atoms with van der Waals surface area (Å²) in [6.07, 6.45) is 2.21. The summed E-state index contributed by atoms with van der Waals surface area (Å²) in [5, 5.41) is 7.36. The molecule has 2 aromatic heterocycles. The minimum absolute atomic E-state index is 0.187. The number of fused-ring (bicyclic) bond motifs is 1. The summed E-state index contributed by atoms with van der Waals surface area (Å²) in [6.45, 7) is 2.83. The fourth-order valence-corrected chi connectivity index (χ4v) is 1.55. The van der Waals surface area contributed by atoms with E-state index in [-0.39, 0.29) is 5.91 Å². The van der Waals surface area contributed by atoms with Gasteiger partial charge in [0.05, 0.1) is 16.6 Å². The van der Waals surface area contributed by atoms with Crippen molar-refractivity contribution in [2.24, 2.45) is 5.73 Å². The van der Waals surface area contributed by atoms with Crippen molar-refractivity contribution in [3.63, 3.8) is 0 Å². The van der Waals surface area contributed by atoms with Crippen molar-refractivity contribution in [2.45, 2.75) is 13.3 Å². The third kappa shape index (κ3) is 2.26. The number of carbonyl (C=O) groups excluding carboxylic acids is 1. The molecule has 0 aliphatic rings. The first-order chi connectivity index (χ1) is 8.26. The Morgan fingerprint density at radius 2 is 2.41 bits per heavy atom. The van der Waals surface area contributed by atoms with Gasteiger partial charge in [-0.15, -0.1) is 0 Å². The van der Waals surface area contributed by atoms with E-state index >= 15 is 0 Å². The molecule has 3 N–H and O–H groups in total. The second-order valence-corrected chi connectivity index (χ2v) is 3.60. The van der Waals surface area contributed by atoms with E-state index < -0.39 is 0 Å². The summed E-state index contributed by atoms with van der Waals surface area (Å²) in [7, 11) is 0. The van der Waals surface area contributed by atoms with Crippen molar-refractivity contribution in [2.75, 3.05) is 13.1 Å². The second kappa shape index (κ2) is 4.92. The van der Waals surface area contributed by atoms with Gasteiger partial charge in [-0.3, -0.25) is 4.79 Å². The van der Waals surface area contributed by atoms with E-state index in [1.807, 2.05) is 6.92 Å². The Hall–Kier alpha value is -1.95. The van der Waals surface area contributed by atoms with Crippen LogP contribution in [0.25, 0.3) is 11.1 Å². The SMILES string of the molecule is CCc1noc2ncc(C(=O)NCCN)cc12. The Morgan fingerprint density at radius 1 is 1.59 bits per heavy atom. The van der Waals surface area contributed by atoms with E-state index in [0.717, 1.165) is 17.5 Å². The van der Waals surface area contributed by atoms with Gasteiger partial charge in [0.2, 0.25) is 0 Å². The number of nitrogens with two attached hydrogens (primary N) is 1. The van der Waals surface area contributed by atoms with Gasteiger partial charge in [0, 0.05) is 19.3 Å². The number of aromatic nitrogens is 2. The summed E-state index contributed by atoms with van der Waals surface area (Å²) in [5.41, 5.74) is 7.07. The summed E-state index contributed by atoms with van der Waals surface area (Å²) < 4.78 is 5.04. The van der Waals surface area contributed by atoms with E-state index in [2.05, 4.69) is 15.5 Å². The standard InChI is InChI=1S/C11H14N4O2/c1-2-9-8-5-7(10(16)13-4-3-12)6-14-11(8)17-15-9/h5-6H,2-4,12H2,1H3,(H,13,16). The van der Waals surface area contributed by atoms with Gasteiger partial charge in [0.25, 0.3) is 11.6 Å². The number of nitrogens with zero attached hydrogens (tertiary/aromatic N) is 2. The molecular formula is C11H14N4O2. The fraction of sp³-hybridized carbons (Fsp3) is 0.364. The molecular weight excluding hydrogens is 220 g/mol. The molecule has 0 spiro atoms. The lowest BCUT2D eigenvalue weighted by Gasteiger charge is -2.02. The van der Waals surface area contributed by atoms with Crippen LogP contribution in [0, 0.1) is 0 Å². The van der Waals surface area contributed by atoms with Crippen LogP contribution in [0.2, 0.25) is 0 Å². The van der Waals surface area contributed by atoms with Crippen LogP contribution < -0.4 is 11.1 Å². The predicted molar refractivity (Wildman–Crippen MR) is 62.6 cm³/mol. The van der Waals surface area contributed by atoms with Gasteiger partial charge in [-0.25, -0.2) is 4.98 Å². The number of rotatable bonds is 4. The molecule has 0 bridgehead atoms. The monoisotopic (exact) mass is 234 g/mol. The molecule has 0 radical (unpaired) electrons. The Labute approximate surface area is 98.2 Å². The molecule has 2 rings (SSSR count). The molecule has 1 amide bonds. The van der Waals surface area contributed by atoms with Crippen LogP contribution in [0.1, 0.15) is 23.0 Å². The van der Waals surface area contributed by atoms with Gasteiger partial charge in [-0.2, -0.15) is 0 Å². The maximum absolute atomic E-state index is 11.7. The zero-order chi connectivity index (χ0) is 12.3. The summed E-state index contributed by atoms with van der Waals surface area (Å²) in [4.78, 5) is 15.8. The number of aryl methyl sites for hydroxylation is 1. The molecule has 0 aliphatic heterocycles. The van der Waals surface area contributed by atoms with Crippen molar-refractivity contribution < 1.29 is 9.32 Å². The minimum atomic E-state index is -0.187. The Kier molecular flexibility index (Phi) is 3.34. The highest BCUT2D eigenvalue weighted by atomic mass is 16.5. The summed E-state index contributed by atoms with van der Waals surface area (Å²) in [5.74, 6) is -0.187. The molecule has 90 valence electrons. The molecule has 0 fully saturated rings. The number of carbonyl (C=O) groups is 1. The third-order valence-electron chi connectivity index (χ3n) is 2.43. The largest absolute Gasteiger partial charge is 0.351 e. The van der Waals surface area contributed by atoms with Gasteiger partial charge in [0.1, 0.15) is 0 Å². The Morgan fingerprint density at radius 3 is 3.12 bits per heavy atom. The molecule has 2 aromatic rings. The van der Waals surface area contributed by atoms with Crippen LogP contribution in [0.5, 0.6) is 0 Å². The molecule has 2 heterocycles. The lowest BCUT2D eigenvalue weighted by atomic mass is 10.1. The van der Waals surface area contributed by atoms with Crippen LogP contribution in [0.3, 0.4) is 0 Å². The third-order valence-corrected chi connectivity index (χ3v) is 2.43. The molecule has 17 heavy (non-hydrogen) atoms. The molecule has 0 aliphatic carbocycles. The molecule has 0 aromatic carbocycles. The molecule has 0 unspecified atom stereocenters. The topological polar surface area (TPSA) is 94.0 Å². The van der Waals surface area contributed by atoms with Gasteiger partial charge in [-0.05, 0) is 12.5 Å². The minimum Gasteiger partial charge on any atom is -0.351 e. The quantitative estimate of drug-likeness (QED) is 0.802. The Balaban J connectivity index is 2.32. The molecule has 0 saturated carbocycles. The van der Waals surface area contributed by atoms with E-state index in [4.69, 9.17) is 10.3 Å². The highest BCUT2D eigenvalue weighted by molar-refractivity contribution is 5.96. The number of hydrogen-bond acceptors (Lipinski definition) is 5. The highest BCUT2D eigenvalue weighted by Crippen LogP contribution is 2.17. The van der Waals surface area contributed by atoms with Gasteiger partial charge in [0.15, 0.2) is 0 Å². The van der Waals surface area contributed by atoms with Gasteiger partial charge in [-0.1, -0.05) is 12.1 Å². The molecule has 0 atom stereocenters. The van der Waals surface area contributed by atoms with Gasteiger partial charge >= 0.3 is 0 Å². The van der Waals surface area contributed by atoms with E-state index in [1.54, 1.807) is 6.07 Å². The lowest BCUT2D eigenvalue weighted by Crippen LogP contribution is -2.29. The van der Waals surface area contributed by atoms with Crippen LogP contribution in [0.15, 0.2) is 16.8 Å². The zero-order valence-electron chi connectivity index (χ0n) is 9.56. The van der Waals surface area contributed by atoms with Crippen molar-refractivity contribution in [1.82, 2.24) is 15.5 Å². The average molecular weight is 234 g/mol. The average Bonchev–Trinajstić information content (AvgIpc) is 2.77. The van der Waals surface area contributed by atoms with E-state index in [9.17, 15) is 4.79 Å². The van der Waals surface area contributed by atoms with Crippen molar-refractivity contribution in [1.29, 1.82) is 0 Å². The van der Waals surface area contributed by atoms with E-state index in [1.165, 1.54) is 6.20 Å².